The van der Waals surface area contributed by atoms with Crippen molar-refractivity contribution in [2.24, 2.45) is 11.8 Å². The molecule has 0 unspecified atom stereocenters. The van der Waals surface area contributed by atoms with Crippen LogP contribution in [0, 0.1) is 11.8 Å². The quantitative estimate of drug-likeness (QED) is 0.183. The van der Waals surface area contributed by atoms with Crippen LogP contribution in [-0.4, -0.2) is 47.7 Å². The van der Waals surface area contributed by atoms with Gasteiger partial charge in [-0.2, -0.15) is 0 Å². The van der Waals surface area contributed by atoms with E-state index in [9.17, 15) is 9.59 Å². The largest absolute Gasteiger partial charge is 0.469 e. The molecule has 1 rings (SSSR count). The first kappa shape index (κ1) is 27.5. The van der Waals surface area contributed by atoms with Crippen LogP contribution in [0.25, 0.3) is 0 Å². The van der Waals surface area contributed by atoms with Gasteiger partial charge in [-0.15, -0.1) is 0 Å². The predicted octanol–water partition coefficient (Wildman–Crippen LogP) is 5.95. The molecule has 0 aliphatic heterocycles. The highest BCUT2D eigenvalue weighted by molar-refractivity contribution is 6.70. The summed E-state index contributed by atoms with van der Waals surface area (Å²) in [7, 11) is -2.04. The number of ketones is 1. The molecule has 0 radical (unpaired) electrons. The second kappa shape index (κ2) is 12.5. The third-order valence-electron chi connectivity index (χ3n) is 5.70. The molecule has 5 nitrogen and oxygen atoms in total. The Morgan fingerprint density at radius 2 is 1.30 bits per heavy atom. The van der Waals surface area contributed by atoms with E-state index in [1.54, 1.807) is 0 Å². The molecule has 30 heavy (non-hydrogen) atoms. The summed E-state index contributed by atoms with van der Waals surface area (Å²) in [6.07, 6.45) is 7.57. The van der Waals surface area contributed by atoms with Crippen molar-refractivity contribution in [3.05, 3.63) is 0 Å². The molecule has 1 aliphatic carbocycles. The van der Waals surface area contributed by atoms with Crippen LogP contribution >= 0.6 is 0 Å². The van der Waals surface area contributed by atoms with Crippen LogP contribution in [-0.2, 0) is 23.2 Å². The number of Topliss-reactive ketones (excluding diaryl/α,β-unsaturated/α-hetero) is 1. The molecule has 1 saturated carbocycles. The Labute approximate surface area is 186 Å². The number of esters is 1. The third kappa shape index (κ3) is 10.7. The van der Waals surface area contributed by atoms with Gasteiger partial charge in [-0.25, -0.2) is 0 Å². The van der Waals surface area contributed by atoms with Crippen LogP contribution in [0.4, 0.5) is 0 Å². The van der Waals surface area contributed by atoms with Gasteiger partial charge in [0, 0.05) is 19.3 Å². The second-order valence-corrected chi connectivity index (χ2v) is 19.7. The molecule has 0 saturated heterocycles. The Morgan fingerprint density at radius 1 is 0.800 bits per heavy atom. The fraction of sp³-hybridized carbons (Fsp3) is 0.913. The smallest absolute Gasteiger partial charge is 0.305 e. The molecule has 0 aromatic carbocycles. The molecule has 0 N–H and O–H groups in total. The number of ether oxygens (including phenoxy) is 1. The average Bonchev–Trinajstić information content (AvgIpc) is 2.90. The van der Waals surface area contributed by atoms with Gasteiger partial charge < -0.3 is 13.6 Å². The number of rotatable bonds is 14. The zero-order valence-corrected chi connectivity index (χ0v) is 22.7. The molecule has 1 fully saturated rings. The second-order valence-electron chi connectivity index (χ2n) is 10.8. The maximum Gasteiger partial charge on any atom is 0.305 e. The van der Waals surface area contributed by atoms with Gasteiger partial charge in [-0.3, -0.25) is 9.59 Å². The molecular weight excluding hydrogens is 412 g/mol. The van der Waals surface area contributed by atoms with E-state index in [0.29, 0.717) is 25.0 Å². The fourth-order valence-corrected chi connectivity index (χ4v) is 6.88. The van der Waals surface area contributed by atoms with Gasteiger partial charge in [0.25, 0.3) is 0 Å². The zero-order valence-electron chi connectivity index (χ0n) is 20.7. The van der Waals surface area contributed by atoms with Crippen molar-refractivity contribution in [1.82, 2.24) is 0 Å². The average molecular weight is 459 g/mol. The predicted molar refractivity (Wildman–Crippen MR) is 128 cm³/mol. The van der Waals surface area contributed by atoms with Crippen molar-refractivity contribution in [2.75, 3.05) is 7.11 Å². The van der Waals surface area contributed by atoms with Crippen molar-refractivity contribution in [3.63, 3.8) is 0 Å². The van der Waals surface area contributed by atoms with Gasteiger partial charge in [0.1, 0.15) is 5.78 Å². The Hall–Kier alpha value is -0.506. The highest BCUT2D eigenvalue weighted by Gasteiger charge is 2.46. The van der Waals surface area contributed by atoms with Crippen molar-refractivity contribution in [3.8, 4) is 0 Å². The van der Waals surface area contributed by atoms with Crippen LogP contribution in [0.3, 0.4) is 0 Å². The van der Waals surface area contributed by atoms with Crippen LogP contribution in [0.1, 0.15) is 64.7 Å². The Morgan fingerprint density at radius 3 is 1.73 bits per heavy atom. The summed E-state index contributed by atoms with van der Waals surface area (Å²) in [5.74, 6) is 0.681. The molecule has 0 amide bonds. The Bertz CT molecular complexity index is 539. The van der Waals surface area contributed by atoms with Gasteiger partial charge in [-0.1, -0.05) is 19.8 Å². The first-order chi connectivity index (χ1) is 13.9. The number of carbonyl (C=O) groups is 2. The number of hydrogen-bond donors (Lipinski definition) is 0. The van der Waals surface area contributed by atoms with E-state index >= 15 is 0 Å². The summed E-state index contributed by atoms with van der Waals surface area (Å²) in [6, 6.07) is 0. The van der Waals surface area contributed by atoms with Crippen molar-refractivity contribution < 1.29 is 23.2 Å². The highest BCUT2D eigenvalue weighted by atomic mass is 28.4. The van der Waals surface area contributed by atoms with E-state index in [4.69, 9.17) is 13.6 Å². The number of hydrogen-bond acceptors (Lipinski definition) is 5. The summed E-state index contributed by atoms with van der Waals surface area (Å²) in [4.78, 5) is 24.3. The summed E-state index contributed by atoms with van der Waals surface area (Å²) in [6.45, 7) is 15.4. The number of methoxy groups -OCH3 is 1. The van der Waals surface area contributed by atoms with Crippen molar-refractivity contribution in [2.45, 2.75) is 116 Å². The molecule has 7 heteroatoms. The van der Waals surface area contributed by atoms with E-state index in [-0.39, 0.29) is 30.0 Å². The van der Waals surface area contributed by atoms with Crippen molar-refractivity contribution in [1.29, 1.82) is 0 Å². The Balaban J connectivity index is 2.96. The lowest BCUT2D eigenvalue weighted by atomic mass is 9.85. The van der Waals surface area contributed by atoms with E-state index in [1.165, 1.54) is 7.11 Å². The molecule has 0 spiro atoms. The first-order valence-electron chi connectivity index (χ1n) is 11.8. The summed E-state index contributed by atoms with van der Waals surface area (Å²) < 4.78 is 18.1. The lowest BCUT2D eigenvalue weighted by Crippen LogP contribution is -2.35. The fourth-order valence-electron chi connectivity index (χ4n) is 4.52. The minimum Gasteiger partial charge on any atom is -0.469 e. The molecule has 1 aliphatic rings. The number of unbranched alkanes of at least 4 members (excludes halogenated alkanes) is 2. The first-order valence-corrected chi connectivity index (χ1v) is 18.6. The molecule has 0 aromatic rings. The monoisotopic (exact) mass is 458 g/mol. The van der Waals surface area contributed by atoms with Gasteiger partial charge in [-0.05, 0) is 76.8 Å². The van der Waals surface area contributed by atoms with Crippen LogP contribution in [0.2, 0.25) is 39.3 Å². The van der Waals surface area contributed by atoms with Crippen LogP contribution in [0.15, 0.2) is 0 Å². The van der Waals surface area contributed by atoms with Gasteiger partial charge >= 0.3 is 5.97 Å². The maximum atomic E-state index is 12.5. The minimum atomic E-state index is -1.74. The lowest BCUT2D eigenvalue weighted by Gasteiger charge is -2.31. The van der Waals surface area contributed by atoms with E-state index in [0.717, 1.165) is 38.5 Å². The molecule has 0 bridgehead atoms. The van der Waals surface area contributed by atoms with Crippen LogP contribution < -0.4 is 0 Å². The molecule has 0 aromatic heterocycles. The topological polar surface area (TPSA) is 61.8 Å². The zero-order chi connectivity index (χ0) is 22.9. The normalized spacial score (nSPS) is 24.8. The molecule has 4 atom stereocenters. The standard InChI is InChI=1S/C23H46O5Si2/c1-9-10-11-12-18(24)13-14-19-20(15-16-23(25)26-2)22(28-30(6,7)8)17-21(19)27-29(3,4)5/h19-22H,9-17H2,1-8H3/t19-,20-,21+,22+/m0/s1. The summed E-state index contributed by atoms with van der Waals surface area (Å²) in [5, 5.41) is 0. The molecular formula is C23H46O5Si2. The highest BCUT2D eigenvalue weighted by Crippen LogP contribution is 2.43. The third-order valence-corrected chi connectivity index (χ3v) is 7.72. The molecule has 0 heterocycles. The van der Waals surface area contributed by atoms with Gasteiger partial charge in [0.05, 0.1) is 19.3 Å². The lowest BCUT2D eigenvalue weighted by molar-refractivity contribution is -0.141. The SMILES string of the molecule is CCCCCC(=O)CC[C@H]1[C@H](CCC(=O)OC)[C@H](O[Si](C)(C)C)C[C@H]1O[Si](C)(C)C. The van der Waals surface area contributed by atoms with E-state index in [1.807, 2.05) is 0 Å². The van der Waals surface area contributed by atoms with Crippen molar-refractivity contribution >= 4 is 28.4 Å². The minimum absolute atomic E-state index is 0.0999. The van der Waals surface area contributed by atoms with Crippen LogP contribution in [0.5, 0.6) is 0 Å². The van der Waals surface area contributed by atoms with E-state index in [2.05, 4.69) is 46.2 Å². The number of carbonyl (C=O) groups excluding carboxylic acids is 2. The van der Waals surface area contributed by atoms with Gasteiger partial charge in [0.2, 0.25) is 0 Å². The molecule has 176 valence electrons. The summed E-state index contributed by atoms with van der Waals surface area (Å²) >= 11 is 0. The van der Waals surface area contributed by atoms with E-state index < -0.39 is 16.6 Å². The summed E-state index contributed by atoms with van der Waals surface area (Å²) in [5.41, 5.74) is 0. The maximum absolute atomic E-state index is 12.5. The Kier molecular flexibility index (Phi) is 11.5. The van der Waals surface area contributed by atoms with Gasteiger partial charge in [0.15, 0.2) is 16.6 Å².